The van der Waals surface area contributed by atoms with Crippen LogP contribution in [0.15, 0.2) is 59.7 Å². The van der Waals surface area contributed by atoms with Gasteiger partial charge in [0.25, 0.3) is 0 Å². The number of ether oxygens (including phenoxy) is 5. The van der Waals surface area contributed by atoms with E-state index in [0.717, 1.165) is 28.0 Å². The Morgan fingerprint density at radius 2 is 1.09 bits per heavy atom. The van der Waals surface area contributed by atoms with Crippen molar-refractivity contribution in [3.8, 4) is 28.7 Å². The molecule has 0 heterocycles. The van der Waals surface area contributed by atoms with E-state index in [2.05, 4.69) is 10.0 Å². The minimum atomic E-state index is 0.190. The van der Waals surface area contributed by atoms with Crippen molar-refractivity contribution in [1.82, 2.24) is 0 Å². The lowest BCUT2D eigenvalue weighted by molar-refractivity contribution is 0.288. The van der Waals surface area contributed by atoms with Gasteiger partial charge in [-0.15, -0.1) is 0 Å². The van der Waals surface area contributed by atoms with E-state index in [-0.39, 0.29) is 6.54 Å². The fraction of sp³-hybridized carbons (Fsp3) is 0.280. The molecule has 0 saturated carbocycles. The van der Waals surface area contributed by atoms with Gasteiger partial charge in [-0.3, -0.25) is 0 Å². The highest BCUT2D eigenvalue weighted by atomic mass is 16.5. The molecule has 0 N–H and O–H groups in total. The van der Waals surface area contributed by atoms with E-state index in [1.807, 2.05) is 55.5 Å². The van der Waals surface area contributed by atoms with E-state index >= 15 is 0 Å². The summed E-state index contributed by atoms with van der Waals surface area (Å²) in [6, 6.07) is 17.0. The van der Waals surface area contributed by atoms with Gasteiger partial charge in [0.1, 0.15) is 42.0 Å². The molecule has 0 amide bonds. The zero-order valence-electron chi connectivity index (χ0n) is 19.2. The molecule has 0 saturated heterocycles. The Morgan fingerprint density at radius 1 is 0.636 bits per heavy atom. The Kier molecular flexibility index (Phi) is 8.27. The lowest BCUT2D eigenvalue weighted by Gasteiger charge is -2.14. The molecule has 33 heavy (non-hydrogen) atoms. The van der Waals surface area contributed by atoms with Crippen LogP contribution in [0.4, 0.5) is 0 Å². The third-order valence-electron chi connectivity index (χ3n) is 4.82. The van der Waals surface area contributed by atoms with Crippen molar-refractivity contribution in [1.29, 1.82) is 0 Å². The van der Waals surface area contributed by atoms with Crippen LogP contribution >= 0.6 is 0 Å². The standard InChI is InChI=1S/C25H27N3O5/c1-17-5-19(9-21(6-17)29-2)15-32-24-7-18(14-27-28-26)8-25(13-24)33-16-20-10-22(30-3)12-23(11-20)31-4/h5-13H,14-16H2,1-4H3. The number of azide groups is 1. The monoisotopic (exact) mass is 449 g/mol. The van der Waals surface area contributed by atoms with Gasteiger partial charge >= 0.3 is 0 Å². The van der Waals surface area contributed by atoms with E-state index < -0.39 is 0 Å². The lowest BCUT2D eigenvalue weighted by atomic mass is 10.1. The number of methoxy groups -OCH3 is 3. The number of nitrogens with zero attached hydrogens (tertiary/aromatic N) is 3. The van der Waals surface area contributed by atoms with Crippen molar-refractivity contribution in [3.05, 3.63) is 87.3 Å². The van der Waals surface area contributed by atoms with Crippen LogP contribution in [-0.2, 0) is 19.8 Å². The molecule has 3 aromatic carbocycles. The predicted octanol–water partition coefficient (Wildman–Crippen LogP) is 5.99. The van der Waals surface area contributed by atoms with Crippen LogP contribution in [0, 0.1) is 6.92 Å². The van der Waals surface area contributed by atoms with E-state index in [4.69, 9.17) is 29.2 Å². The quantitative estimate of drug-likeness (QED) is 0.204. The fourth-order valence-corrected chi connectivity index (χ4v) is 3.31. The molecular formula is C25H27N3O5. The van der Waals surface area contributed by atoms with Gasteiger partial charge < -0.3 is 23.7 Å². The van der Waals surface area contributed by atoms with Crippen LogP contribution < -0.4 is 23.7 Å². The fourth-order valence-electron chi connectivity index (χ4n) is 3.31. The van der Waals surface area contributed by atoms with Crippen LogP contribution in [-0.4, -0.2) is 21.3 Å². The molecule has 0 aliphatic carbocycles. The molecular weight excluding hydrogens is 422 g/mol. The molecule has 0 atom stereocenters. The molecule has 0 spiro atoms. The number of hydrogen-bond donors (Lipinski definition) is 0. The maximum absolute atomic E-state index is 8.70. The number of aryl methyl sites for hydroxylation is 1. The first-order valence-corrected chi connectivity index (χ1v) is 10.3. The second kappa shape index (κ2) is 11.5. The number of benzene rings is 3. The summed E-state index contributed by atoms with van der Waals surface area (Å²) < 4.78 is 28.0. The maximum Gasteiger partial charge on any atom is 0.123 e. The van der Waals surface area contributed by atoms with Gasteiger partial charge in [-0.05, 0) is 71.1 Å². The van der Waals surface area contributed by atoms with Gasteiger partial charge in [0.05, 0.1) is 27.9 Å². The summed E-state index contributed by atoms with van der Waals surface area (Å²) in [6.07, 6.45) is 0. The first-order chi connectivity index (χ1) is 16.0. The van der Waals surface area contributed by atoms with E-state index in [1.54, 1.807) is 27.4 Å². The molecule has 0 aromatic heterocycles. The molecule has 0 aliphatic heterocycles. The van der Waals surface area contributed by atoms with Gasteiger partial charge in [0.2, 0.25) is 0 Å². The molecule has 0 bridgehead atoms. The van der Waals surface area contributed by atoms with Gasteiger partial charge in [0, 0.05) is 17.0 Å². The lowest BCUT2D eigenvalue weighted by Crippen LogP contribution is -2.00. The average Bonchev–Trinajstić information content (AvgIpc) is 2.84. The van der Waals surface area contributed by atoms with Crippen LogP contribution in [0.2, 0.25) is 0 Å². The average molecular weight is 450 g/mol. The topological polar surface area (TPSA) is 94.9 Å². The summed E-state index contributed by atoms with van der Waals surface area (Å²) in [6.45, 7) is 2.85. The highest BCUT2D eigenvalue weighted by Crippen LogP contribution is 2.28. The zero-order chi connectivity index (χ0) is 23.6. The first-order valence-electron chi connectivity index (χ1n) is 10.3. The van der Waals surface area contributed by atoms with Crippen LogP contribution in [0.25, 0.3) is 10.4 Å². The van der Waals surface area contributed by atoms with Crippen molar-refractivity contribution < 1.29 is 23.7 Å². The van der Waals surface area contributed by atoms with Crippen molar-refractivity contribution >= 4 is 0 Å². The van der Waals surface area contributed by atoms with Crippen molar-refractivity contribution in [2.45, 2.75) is 26.7 Å². The van der Waals surface area contributed by atoms with Gasteiger partial charge in [0.15, 0.2) is 0 Å². The second-order valence-electron chi connectivity index (χ2n) is 7.36. The van der Waals surface area contributed by atoms with Gasteiger partial charge in [-0.2, -0.15) is 0 Å². The minimum absolute atomic E-state index is 0.190. The predicted molar refractivity (Wildman–Crippen MR) is 125 cm³/mol. The third kappa shape index (κ3) is 6.98. The largest absolute Gasteiger partial charge is 0.497 e. The van der Waals surface area contributed by atoms with E-state index in [1.165, 1.54) is 0 Å². The molecule has 8 nitrogen and oxygen atoms in total. The smallest absolute Gasteiger partial charge is 0.123 e. The SMILES string of the molecule is COc1cc(C)cc(COc2cc(CN=[N+]=[N-])cc(OCc3cc(OC)cc(OC)c3)c2)c1. The second-order valence-corrected chi connectivity index (χ2v) is 7.36. The normalized spacial score (nSPS) is 10.2. The van der Waals surface area contributed by atoms with Crippen molar-refractivity contribution in [2.24, 2.45) is 5.11 Å². The van der Waals surface area contributed by atoms with E-state index in [9.17, 15) is 0 Å². The first kappa shape index (κ1) is 23.6. The highest BCUT2D eigenvalue weighted by molar-refractivity contribution is 5.41. The Balaban J connectivity index is 1.78. The Morgan fingerprint density at radius 3 is 1.61 bits per heavy atom. The molecule has 0 fully saturated rings. The summed E-state index contributed by atoms with van der Waals surface area (Å²) in [5.74, 6) is 3.35. The Bertz CT molecular complexity index is 1120. The molecule has 0 aliphatic rings. The summed E-state index contributed by atoms with van der Waals surface area (Å²) in [4.78, 5) is 2.85. The van der Waals surface area contributed by atoms with Gasteiger partial charge in [-0.25, -0.2) is 0 Å². The number of rotatable bonds is 11. The molecule has 3 rings (SSSR count). The highest BCUT2D eigenvalue weighted by Gasteiger charge is 2.08. The molecule has 0 radical (unpaired) electrons. The molecule has 3 aromatic rings. The minimum Gasteiger partial charge on any atom is -0.497 e. The maximum atomic E-state index is 8.70. The summed E-state index contributed by atoms with van der Waals surface area (Å²) in [7, 11) is 4.85. The van der Waals surface area contributed by atoms with E-state index in [0.29, 0.717) is 36.2 Å². The Hall–Kier alpha value is -4.03. The Labute approximate surface area is 193 Å². The van der Waals surface area contributed by atoms with Crippen LogP contribution in [0.5, 0.6) is 28.7 Å². The van der Waals surface area contributed by atoms with Crippen LogP contribution in [0.1, 0.15) is 22.3 Å². The van der Waals surface area contributed by atoms with Gasteiger partial charge in [-0.1, -0.05) is 11.2 Å². The molecule has 8 heteroatoms. The summed E-state index contributed by atoms with van der Waals surface area (Å²) in [5.41, 5.74) is 12.4. The summed E-state index contributed by atoms with van der Waals surface area (Å²) in [5, 5.41) is 3.66. The van der Waals surface area contributed by atoms with Crippen LogP contribution in [0.3, 0.4) is 0 Å². The zero-order valence-corrected chi connectivity index (χ0v) is 19.2. The molecule has 172 valence electrons. The van der Waals surface area contributed by atoms with Crippen molar-refractivity contribution in [3.63, 3.8) is 0 Å². The molecule has 0 unspecified atom stereocenters. The summed E-state index contributed by atoms with van der Waals surface area (Å²) >= 11 is 0. The third-order valence-corrected chi connectivity index (χ3v) is 4.82. The van der Waals surface area contributed by atoms with Crippen molar-refractivity contribution in [2.75, 3.05) is 21.3 Å². The number of hydrogen-bond acceptors (Lipinski definition) is 6.